The summed E-state index contributed by atoms with van der Waals surface area (Å²) in [6.07, 6.45) is 0. The minimum Gasteiger partial charge on any atom is -0.490 e. The third kappa shape index (κ3) is 5.26. The molecule has 6 heteroatoms. The van der Waals surface area contributed by atoms with Crippen molar-refractivity contribution in [1.82, 2.24) is 10.3 Å². The molecular weight excluding hydrogens is 392 g/mol. The van der Waals surface area contributed by atoms with Crippen LogP contribution in [-0.2, 0) is 6.54 Å². The fourth-order valence-corrected chi connectivity index (χ4v) is 3.48. The lowest BCUT2D eigenvalue weighted by atomic mass is 10.0. The predicted molar refractivity (Wildman–Crippen MR) is 122 cm³/mol. The van der Waals surface area contributed by atoms with E-state index in [2.05, 4.69) is 10.3 Å². The second kappa shape index (κ2) is 10.2. The smallest absolute Gasteiger partial charge is 0.252 e. The fraction of sp³-hybridized carbons (Fsp3) is 0.360. The highest BCUT2D eigenvalue weighted by molar-refractivity contribution is 6.06. The number of carbonyl (C=O) groups is 1. The Kier molecular flexibility index (Phi) is 7.34. The molecule has 0 aliphatic heterocycles. The van der Waals surface area contributed by atoms with Crippen LogP contribution in [0.25, 0.3) is 10.9 Å². The summed E-state index contributed by atoms with van der Waals surface area (Å²) in [6.45, 7) is 11.5. The number of aromatic nitrogens is 1. The number of pyridine rings is 1. The summed E-state index contributed by atoms with van der Waals surface area (Å²) in [5, 5.41) is 3.87. The number of rotatable bonds is 9. The van der Waals surface area contributed by atoms with Gasteiger partial charge < -0.3 is 19.5 Å². The number of fused-ring (bicyclic) bond motifs is 1. The molecule has 3 rings (SSSR count). The van der Waals surface area contributed by atoms with Gasteiger partial charge in [-0.05, 0) is 70.5 Å². The minimum atomic E-state index is -0.147. The molecule has 0 saturated carbocycles. The van der Waals surface area contributed by atoms with Gasteiger partial charge in [-0.25, -0.2) is 0 Å². The highest BCUT2D eigenvalue weighted by Crippen LogP contribution is 2.39. The molecule has 3 aromatic rings. The summed E-state index contributed by atoms with van der Waals surface area (Å²) < 4.78 is 17.3. The van der Waals surface area contributed by atoms with Crippen LogP contribution in [0.3, 0.4) is 0 Å². The number of carbonyl (C=O) groups excluding carboxylic acids is 1. The first-order valence-corrected chi connectivity index (χ1v) is 10.7. The highest BCUT2D eigenvalue weighted by Gasteiger charge is 2.17. The van der Waals surface area contributed by atoms with Gasteiger partial charge in [0.15, 0.2) is 11.5 Å². The molecule has 0 aliphatic rings. The Morgan fingerprint density at radius 1 is 0.903 bits per heavy atom. The van der Waals surface area contributed by atoms with Crippen molar-refractivity contribution in [2.24, 2.45) is 0 Å². The zero-order valence-electron chi connectivity index (χ0n) is 18.9. The van der Waals surface area contributed by atoms with Crippen molar-refractivity contribution in [3.05, 3.63) is 58.8 Å². The molecule has 1 heterocycles. The molecule has 6 nitrogen and oxygen atoms in total. The monoisotopic (exact) mass is 422 g/mol. The van der Waals surface area contributed by atoms with Crippen LogP contribution in [0, 0.1) is 13.8 Å². The lowest BCUT2D eigenvalue weighted by Crippen LogP contribution is -2.23. The Morgan fingerprint density at radius 3 is 2.16 bits per heavy atom. The summed E-state index contributed by atoms with van der Waals surface area (Å²) in [4.78, 5) is 17.6. The highest BCUT2D eigenvalue weighted by atomic mass is 16.5. The van der Waals surface area contributed by atoms with E-state index in [0.29, 0.717) is 49.2 Å². The van der Waals surface area contributed by atoms with Crippen LogP contribution < -0.4 is 19.5 Å². The number of nitrogens with zero attached hydrogens (tertiary/aromatic N) is 1. The molecule has 0 bridgehead atoms. The van der Waals surface area contributed by atoms with Crippen molar-refractivity contribution < 1.29 is 19.0 Å². The normalized spacial score (nSPS) is 10.7. The zero-order chi connectivity index (χ0) is 22.4. The van der Waals surface area contributed by atoms with Crippen LogP contribution in [0.5, 0.6) is 17.2 Å². The Morgan fingerprint density at radius 2 is 1.55 bits per heavy atom. The second-order valence-corrected chi connectivity index (χ2v) is 7.23. The Bertz CT molecular complexity index is 1050. The Balaban J connectivity index is 1.89. The zero-order valence-corrected chi connectivity index (χ0v) is 18.9. The molecule has 1 aromatic heterocycles. The van der Waals surface area contributed by atoms with Crippen LogP contribution in [-0.4, -0.2) is 30.7 Å². The first kappa shape index (κ1) is 22.4. The second-order valence-electron chi connectivity index (χ2n) is 7.23. The number of hydrogen-bond donors (Lipinski definition) is 1. The van der Waals surface area contributed by atoms with Crippen molar-refractivity contribution in [1.29, 1.82) is 0 Å². The molecule has 0 saturated heterocycles. The molecule has 0 radical (unpaired) electrons. The largest absolute Gasteiger partial charge is 0.490 e. The molecule has 0 atom stereocenters. The third-order valence-corrected chi connectivity index (χ3v) is 4.76. The quantitative estimate of drug-likeness (QED) is 0.527. The van der Waals surface area contributed by atoms with Gasteiger partial charge in [0.1, 0.15) is 0 Å². The first-order chi connectivity index (χ1) is 15.0. The number of ether oxygens (including phenoxy) is 3. The standard InChI is InChI=1S/C25H30N2O4/c1-6-29-22-13-18(14-23(30-7-2)24(22)31-8-3)15-26-25(28)20-12-17(5)27-21-10-9-16(4)11-19(20)21/h9-14H,6-8,15H2,1-5H3,(H,26,28). The average molecular weight is 423 g/mol. The average Bonchev–Trinajstić information content (AvgIpc) is 2.74. The summed E-state index contributed by atoms with van der Waals surface area (Å²) >= 11 is 0. The van der Waals surface area contributed by atoms with Crippen LogP contribution >= 0.6 is 0 Å². The molecule has 0 spiro atoms. The molecule has 0 aliphatic carbocycles. The predicted octanol–water partition coefficient (Wildman–Crippen LogP) is 4.98. The summed E-state index contributed by atoms with van der Waals surface area (Å²) in [6, 6.07) is 11.5. The molecule has 0 fully saturated rings. The van der Waals surface area contributed by atoms with Gasteiger partial charge in [-0.2, -0.15) is 0 Å². The van der Waals surface area contributed by atoms with Crippen LogP contribution in [0.4, 0.5) is 0 Å². The van der Waals surface area contributed by atoms with Gasteiger partial charge in [-0.3, -0.25) is 9.78 Å². The molecule has 2 aromatic carbocycles. The van der Waals surface area contributed by atoms with Crippen molar-refractivity contribution in [3.8, 4) is 17.2 Å². The maximum absolute atomic E-state index is 13.1. The van der Waals surface area contributed by atoms with Gasteiger partial charge in [0.05, 0.1) is 30.9 Å². The van der Waals surface area contributed by atoms with E-state index in [-0.39, 0.29) is 5.91 Å². The van der Waals surface area contributed by atoms with Gasteiger partial charge in [0.25, 0.3) is 5.91 Å². The molecule has 1 N–H and O–H groups in total. The van der Waals surface area contributed by atoms with Crippen LogP contribution in [0.2, 0.25) is 0 Å². The van der Waals surface area contributed by atoms with E-state index in [1.807, 2.05) is 71.0 Å². The number of hydrogen-bond acceptors (Lipinski definition) is 5. The minimum absolute atomic E-state index is 0.147. The summed E-state index contributed by atoms with van der Waals surface area (Å²) in [7, 11) is 0. The van der Waals surface area contributed by atoms with E-state index in [1.54, 1.807) is 0 Å². The number of amides is 1. The van der Waals surface area contributed by atoms with Gasteiger partial charge in [0.2, 0.25) is 5.75 Å². The van der Waals surface area contributed by atoms with E-state index >= 15 is 0 Å². The maximum Gasteiger partial charge on any atom is 0.252 e. The van der Waals surface area contributed by atoms with Crippen molar-refractivity contribution in [2.45, 2.75) is 41.2 Å². The van der Waals surface area contributed by atoms with Gasteiger partial charge in [-0.1, -0.05) is 11.6 Å². The van der Waals surface area contributed by atoms with Crippen molar-refractivity contribution in [3.63, 3.8) is 0 Å². The Hall–Kier alpha value is -3.28. The van der Waals surface area contributed by atoms with Gasteiger partial charge in [-0.15, -0.1) is 0 Å². The molecule has 31 heavy (non-hydrogen) atoms. The SMILES string of the molecule is CCOc1cc(CNC(=O)c2cc(C)nc3ccc(C)cc23)cc(OCC)c1OCC. The van der Waals surface area contributed by atoms with E-state index in [1.165, 1.54) is 0 Å². The van der Waals surface area contributed by atoms with E-state index in [0.717, 1.165) is 27.7 Å². The molecule has 164 valence electrons. The summed E-state index contributed by atoms with van der Waals surface area (Å²) in [5.74, 6) is 1.67. The molecular formula is C25H30N2O4. The van der Waals surface area contributed by atoms with E-state index in [9.17, 15) is 4.79 Å². The third-order valence-electron chi connectivity index (χ3n) is 4.76. The molecule has 0 unspecified atom stereocenters. The summed E-state index contributed by atoms with van der Waals surface area (Å²) in [5.41, 5.74) is 4.19. The van der Waals surface area contributed by atoms with E-state index < -0.39 is 0 Å². The number of aryl methyl sites for hydroxylation is 2. The van der Waals surface area contributed by atoms with Crippen LogP contribution in [0.1, 0.15) is 48.0 Å². The number of benzene rings is 2. The van der Waals surface area contributed by atoms with E-state index in [4.69, 9.17) is 14.2 Å². The molecule has 1 amide bonds. The van der Waals surface area contributed by atoms with Gasteiger partial charge >= 0.3 is 0 Å². The van der Waals surface area contributed by atoms with Gasteiger partial charge in [0, 0.05) is 17.6 Å². The topological polar surface area (TPSA) is 69.7 Å². The lowest BCUT2D eigenvalue weighted by molar-refractivity contribution is 0.0952. The van der Waals surface area contributed by atoms with Crippen LogP contribution in [0.15, 0.2) is 36.4 Å². The van der Waals surface area contributed by atoms with Crippen molar-refractivity contribution >= 4 is 16.8 Å². The first-order valence-electron chi connectivity index (χ1n) is 10.7. The van der Waals surface area contributed by atoms with Crippen molar-refractivity contribution in [2.75, 3.05) is 19.8 Å². The lowest BCUT2D eigenvalue weighted by Gasteiger charge is -2.17. The number of nitrogens with one attached hydrogen (secondary N) is 1. The fourth-order valence-electron chi connectivity index (χ4n) is 3.48. The Labute approximate surface area is 183 Å². The maximum atomic E-state index is 13.1.